The third-order valence-corrected chi connectivity index (χ3v) is 9.02. The van der Waals surface area contributed by atoms with Gasteiger partial charge in [0.15, 0.2) is 0 Å². The van der Waals surface area contributed by atoms with Crippen LogP contribution in [0.2, 0.25) is 0 Å². The van der Waals surface area contributed by atoms with Crippen LogP contribution in [0.1, 0.15) is 33.7 Å². The third-order valence-electron chi connectivity index (χ3n) is 5.65. The maximum atomic E-state index is 13.0. The number of thioether (sulfide) groups is 2. The largest absolute Gasteiger partial charge is 0.481 e. The molecule has 0 spiro atoms. The van der Waals surface area contributed by atoms with Crippen LogP contribution in [-0.2, 0) is 28.9 Å². The molecular formula is C28H24F3NO2S3. The van der Waals surface area contributed by atoms with E-state index in [1.807, 2.05) is 49.4 Å². The zero-order valence-electron chi connectivity index (χ0n) is 19.9. The van der Waals surface area contributed by atoms with Gasteiger partial charge >= 0.3 is 12.1 Å². The lowest BCUT2D eigenvalue weighted by atomic mass is 10.0. The maximum absolute atomic E-state index is 13.0. The highest BCUT2D eigenvalue weighted by molar-refractivity contribution is 7.99. The Labute approximate surface area is 226 Å². The Morgan fingerprint density at radius 3 is 2.30 bits per heavy atom. The van der Waals surface area contributed by atoms with Crippen LogP contribution in [0, 0.1) is 6.92 Å². The molecule has 0 fully saturated rings. The van der Waals surface area contributed by atoms with Crippen LogP contribution >= 0.6 is 34.9 Å². The van der Waals surface area contributed by atoms with Gasteiger partial charge in [0.25, 0.3) is 0 Å². The molecule has 0 amide bonds. The van der Waals surface area contributed by atoms with E-state index in [-0.39, 0.29) is 6.42 Å². The number of alkyl halides is 3. The topological polar surface area (TPSA) is 50.2 Å². The van der Waals surface area contributed by atoms with E-state index < -0.39 is 17.7 Å². The average Bonchev–Trinajstić information content (AvgIpc) is 3.29. The summed E-state index contributed by atoms with van der Waals surface area (Å²) in [5.74, 6) is 0.522. The van der Waals surface area contributed by atoms with Gasteiger partial charge in [-0.2, -0.15) is 13.2 Å². The van der Waals surface area contributed by atoms with Crippen molar-refractivity contribution in [2.45, 2.75) is 47.2 Å². The van der Waals surface area contributed by atoms with Crippen molar-refractivity contribution >= 4 is 40.8 Å². The van der Waals surface area contributed by atoms with Crippen molar-refractivity contribution in [1.29, 1.82) is 0 Å². The molecule has 1 N–H and O–H groups in total. The number of carboxylic acid groups (broad SMARTS) is 1. The van der Waals surface area contributed by atoms with E-state index in [1.54, 1.807) is 23.5 Å². The van der Waals surface area contributed by atoms with Gasteiger partial charge in [-0.05, 0) is 60.9 Å². The molecule has 4 rings (SSSR count). The number of aliphatic carboxylic acids is 1. The standard InChI is InChI=1S/C28H24F3NO2S3/c1-18-15-23(13-9-19(18)10-14-26(33)34)36-17-25-24(16-35-22-5-3-2-4-6-22)32-27(37-25)20-7-11-21(12-8-20)28(29,30)31/h2-9,11-13,15H,10,14,16-17H2,1H3,(H,33,34). The number of aryl methyl sites for hydroxylation is 2. The minimum absolute atomic E-state index is 0.101. The van der Waals surface area contributed by atoms with Crippen molar-refractivity contribution in [2.24, 2.45) is 0 Å². The Hall–Kier alpha value is -2.75. The highest BCUT2D eigenvalue weighted by Crippen LogP contribution is 2.37. The van der Waals surface area contributed by atoms with E-state index in [0.29, 0.717) is 28.5 Å². The summed E-state index contributed by atoms with van der Waals surface area (Å²) in [6.45, 7) is 1.98. The van der Waals surface area contributed by atoms with Gasteiger partial charge in [-0.25, -0.2) is 4.98 Å². The molecule has 192 valence electrons. The van der Waals surface area contributed by atoms with Gasteiger partial charge in [0.2, 0.25) is 0 Å². The van der Waals surface area contributed by atoms with Crippen molar-refractivity contribution in [1.82, 2.24) is 4.98 Å². The Balaban J connectivity index is 1.53. The van der Waals surface area contributed by atoms with Crippen LogP contribution in [-0.4, -0.2) is 16.1 Å². The lowest BCUT2D eigenvalue weighted by molar-refractivity contribution is -0.138. The van der Waals surface area contributed by atoms with E-state index in [0.717, 1.165) is 43.6 Å². The van der Waals surface area contributed by atoms with E-state index >= 15 is 0 Å². The first-order valence-corrected chi connectivity index (χ1v) is 14.3. The molecule has 1 aromatic heterocycles. The molecule has 3 aromatic carbocycles. The zero-order valence-corrected chi connectivity index (χ0v) is 22.4. The van der Waals surface area contributed by atoms with Crippen molar-refractivity contribution < 1.29 is 23.1 Å². The highest BCUT2D eigenvalue weighted by atomic mass is 32.2. The summed E-state index contributed by atoms with van der Waals surface area (Å²) in [5.41, 5.74) is 3.00. The Morgan fingerprint density at radius 2 is 1.65 bits per heavy atom. The van der Waals surface area contributed by atoms with Gasteiger partial charge in [-0.15, -0.1) is 34.9 Å². The molecule has 3 nitrogen and oxygen atoms in total. The summed E-state index contributed by atoms with van der Waals surface area (Å²) in [4.78, 5) is 19.0. The Kier molecular flexibility index (Phi) is 9.00. The van der Waals surface area contributed by atoms with Crippen LogP contribution in [0.4, 0.5) is 13.2 Å². The minimum Gasteiger partial charge on any atom is -0.481 e. The molecule has 1 heterocycles. The molecular weight excluding hydrogens is 536 g/mol. The van der Waals surface area contributed by atoms with Gasteiger partial charge < -0.3 is 5.11 Å². The summed E-state index contributed by atoms with van der Waals surface area (Å²) in [6, 6.07) is 21.2. The van der Waals surface area contributed by atoms with Gasteiger partial charge in [0.1, 0.15) is 5.01 Å². The molecule has 4 aromatic rings. The summed E-state index contributed by atoms with van der Waals surface area (Å²) >= 11 is 4.85. The molecule has 0 aliphatic heterocycles. The number of rotatable bonds is 10. The summed E-state index contributed by atoms with van der Waals surface area (Å²) < 4.78 is 39.0. The van der Waals surface area contributed by atoms with E-state index in [1.165, 1.54) is 23.5 Å². The monoisotopic (exact) mass is 559 g/mol. The van der Waals surface area contributed by atoms with Crippen molar-refractivity contribution in [2.75, 3.05) is 0 Å². The summed E-state index contributed by atoms with van der Waals surface area (Å²) in [5, 5.41) is 9.65. The van der Waals surface area contributed by atoms with Crippen LogP contribution < -0.4 is 0 Å². The summed E-state index contributed by atoms with van der Waals surface area (Å²) in [6.07, 6.45) is -3.77. The SMILES string of the molecule is Cc1cc(SCc2sc(-c3ccc(C(F)(F)F)cc3)nc2CSc2ccccc2)ccc1CCC(=O)O. The molecule has 0 radical (unpaired) electrons. The predicted octanol–water partition coefficient (Wildman–Crippen LogP) is 8.74. The predicted molar refractivity (Wildman–Crippen MR) is 145 cm³/mol. The lowest BCUT2D eigenvalue weighted by Gasteiger charge is -2.08. The molecule has 0 atom stereocenters. The fourth-order valence-corrected chi connectivity index (χ4v) is 6.79. The van der Waals surface area contributed by atoms with E-state index in [9.17, 15) is 18.0 Å². The molecule has 37 heavy (non-hydrogen) atoms. The van der Waals surface area contributed by atoms with Crippen LogP contribution in [0.25, 0.3) is 10.6 Å². The van der Waals surface area contributed by atoms with Gasteiger partial charge in [-0.3, -0.25) is 4.79 Å². The second-order valence-electron chi connectivity index (χ2n) is 8.34. The number of hydrogen-bond donors (Lipinski definition) is 1. The first kappa shape index (κ1) is 27.3. The van der Waals surface area contributed by atoms with Crippen molar-refractivity contribution in [3.8, 4) is 10.6 Å². The number of aromatic nitrogens is 1. The lowest BCUT2D eigenvalue weighted by Crippen LogP contribution is -2.03. The molecule has 0 saturated heterocycles. The van der Waals surface area contributed by atoms with Crippen LogP contribution in [0.3, 0.4) is 0 Å². The number of carboxylic acids is 1. The first-order chi connectivity index (χ1) is 17.7. The first-order valence-electron chi connectivity index (χ1n) is 11.5. The molecule has 0 unspecified atom stereocenters. The Morgan fingerprint density at radius 1 is 0.946 bits per heavy atom. The fourth-order valence-electron chi connectivity index (χ4n) is 3.63. The smallest absolute Gasteiger partial charge is 0.416 e. The maximum Gasteiger partial charge on any atom is 0.416 e. The third kappa shape index (κ3) is 7.63. The highest BCUT2D eigenvalue weighted by Gasteiger charge is 2.30. The second-order valence-corrected chi connectivity index (χ2v) is 11.5. The van der Waals surface area contributed by atoms with Crippen LogP contribution in [0.15, 0.2) is 82.6 Å². The normalized spacial score (nSPS) is 11.6. The Bertz CT molecular complexity index is 1350. The molecule has 0 saturated carbocycles. The quantitative estimate of drug-likeness (QED) is 0.197. The minimum atomic E-state index is -4.37. The van der Waals surface area contributed by atoms with Gasteiger partial charge in [-0.1, -0.05) is 36.4 Å². The van der Waals surface area contributed by atoms with E-state index in [2.05, 4.69) is 6.07 Å². The number of nitrogens with zero attached hydrogens (tertiary/aromatic N) is 1. The van der Waals surface area contributed by atoms with Gasteiger partial charge in [0.05, 0.1) is 11.3 Å². The zero-order chi connectivity index (χ0) is 26.4. The number of thiazole rings is 1. The molecule has 0 aliphatic carbocycles. The van der Waals surface area contributed by atoms with E-state index in [4.69, 9.17) is 10.1 Å². The molecule has 0 bridgehead atoms. The average molecular weight is 560 g/mol. The molecule has 9 heteroatoms. The summed E-state index contributed by atoms with van der Waals surface area (Å²) in [7, 11) is 0. The van der Waals surface area contributed by atoms with Crippen molar-refractivity contribution in [3.63, 3.8) is 0 Å². The second kappa shape index (κ2) is 12.2. The molecule has 0 aliphatic rings. The number of benzene rings is 3. The fraction of sp³-hybridized carbons (Fsp3) is 0.214. The van der Waals surface area contributed by atoms with Gasteiger partial charge in [0, 0.05) is 38.2 Å². The number of halogens is 3. The number of hydrogen-bond acceptors (Lipinski definition) is 5. The number of carbonyl (C=O) groups is 1. The van der Waals surface area contributed by atoms with Crippen molar-refractivity contribution in [3.05, 3.63) is 100 Å². The van der Waals surface area contributed by atoms with Crippen LogP contribution in [0.5, 0.6) is 0 Å².